The van der Waals surface area contributed by atoms with Crippen molar-refractivity contribution in [2.45, 2.75) is 20.8 Å². The Morgan fingerprint density at radius 2 is 1.83 bits per heavy atom. The van der Waals surface area contributed by atoms with Gasteiger partial charge in [-0.25, -0.2) is 4.79 Å². The van der Waals surface area contributed by atoms with Crippen molar-refractivity contribution in [2.24, 2.45) is 0 Å². The van der Waals surface area contributed by atoms with E-state index in [1.807, 2.05) is 31.2 Å². The van der Waals surface area contributed by atoms with Crippen LogP contribution in [0.2, 0.25) is 0 Å². The van der Waals surface area contributed by atoms with Crippen molar-refractivity contribution in [1.82, 2.24) is 0 Å². The number of nitro benzene ring substituents is 1. The second kappa shape index (κ2) is 8.87. The number of esters is 1. The Bertz CT molecular complexity index is 1120. The summed E-state index contributed by atoms with van der Waals surface area (Å²) in [4.78, 5) is 36.0. The molecular weight excluding hydrogens is 404 g/mol. The number of nitrogens with zero attached hydrogens (tertiary/aromatic N) is 1. The van der Waals surface area contributed by atoms with E-state index in [0.717, 1.165) is 11.1 Å². The molecule has 1 amide bonds. The van der Waals surface area contributed by atoms with E-state index in [1.165, 1.54) is 29.5 Å². The molecule has 8 heteroatoms. The number of ether oxygens (including phenoxy) is 1. The monoisotopic (exact) mass is 424 g/mol. The number of aryl methyl sites for hydroxylation is 2. The third-order valence-corrected chi connectivity index (χ3v) is 5.42. The minimum atomic E-state index is -0.542. The number of nitro groups is 1. The number of hydrogen-bond acceptors (Lipinski definition) is 6. The molecule has 3 rings (SSSR count). The normalized spacial score (nSPS) is 10.5. The highest BCUT2D eigenvalue weighted by atomic mass is 32.1. The van der Waals surface area contributed by atoms with Crippen molar-refractivity contribution < 1.29 is 19.2 Å². The van der Waals surface area contributed by atoms with E-state index in [2.05, 4.69) is 5.32 Å². The quantitative estimate of drug-likeness (QED) is 0.326. The highest BCUT2D eigenvalue weighted by Gasteiger charge is 2.24. The van der Waals surface area contributed by atoms with Crippen LogP contribution in [0.3, 0.4) is 0 Å². The molecule has 0 saturated heterocycles. The molecule has 7 nitrogen and oxygen atoms in total. The van der Waals surface area contributed by atoms with Crippen LogP contribution in [-0.2, 0) is 4.74 Å². The summed E-state index contributed by atoms with van der Waals surface area (Å²) in [5.74, 6) is -1.08. The third-order valence-electron chi connectivity index (χ3n) is 4.53. The van der Waals surface area contributed by atoms with Crippen LogP contribution in [-0.4, -0.2) is 23.4 Å². The highest BCUT2D eigenvalue weighted by Crippen LogP contribution is 2.36. The average molecular weight is 424 g/mol. The van der Waals surface area contributed by atoms with Gasteiger partial charge in [0.05, 0.1) is 11.5 Å². The molecule has 0 bridgehead atoms. The van der Waals surface area contributed by atoms with E-state index < -0.39 is 16.8 Å². The molecule has 2 aromatic carbocycles. The number of anilines is 1. The van der Waals surface area contributed by atoms with Gasteiger partial charge in [0, 0.05) is 28.1 Å². The van der Waals surface area contributed by atoms with E-state index in [0.29, 0.717) is 16.1 Å². The summed E-state index contributed by atoms with van der Waals surface area (Å²) in [5, 5.41) is 16.0. The van der Waals surface area contributed by atoms with Gasteiger partial charge in [-0.15, -0.1) is 11.3 Å². The van der Waals surface area contributed by atoms with Gasteiger partial charge in [-0.1, -0.05) is 35.9 Å². The lowest BCUT2D eigenvalue weighted by atomic mass is 10.0. The Morgan fingerprint density at radius 1 is 1.13 bits per heavy atom. The van der Waals surface area contributed by atoms with Crippen LogP contribution in [0.5, 0.6) is 0 Å². The van der Waals surface area contributed by atoms with Crippen LogP contribution >= 0.6 is 11.3 Å². The molecular formula is C22H20N2O5S. The zero-order chi connectivity index (χ0) is 21.8. The molecule has 0 aliphatic carbocycles. The lowest BCUT2D eigenvalue weighted by Gasteiger charge is -2.09. The van der Waals surface area contributed by atoms with Crippen molar-refractivity contribution in [3.63, 3.8) is 0 Å². The van der Waals surface area contributed by atoms with Crippen LogP contribution in [0, 0.1) is 24.0 Å². The number of nitrogens with one attached hydrogen (secondary N) is 1. The molecule has 30 heavy (non-hydrogen) atoms. The zero-order valence-corrected chi connectivity index (χ0v) is 17.5. The van der Waals surface area contributed by atoms with E-state index in [4.69, 9.17) is 4.74 Å². The molecule has 3 aromatic rings. The highest BCUT2D eigenvalue weighted by molar-refractivity contribution is 7.15. The summed E-state index contributed by atoms with van der Waals surface area (Å²) in [6.07, 6.45) is 0. The Hall–Kier alpha value is -3.52. The molecule has 0 fully saturated rings. The van der Waals surface area contributed by atoms with Gasteiger partial charge in [-0.2, -0.15) is 0 Å². The molecule has 154 valence electrons. The summed E-state index contributed by atoms with van der Waals surface area (Å²) in [6.45, 7) is 5.47. The first-order chi connectivity index (χ1) is 14.3. The van der Waals surface area contributed by atoms with Gasteiger partial charge in [0.1, 0.15) is 10.6 Å². The summed E-state index contributed by atoms with van der Waals surface area (Å²) < 4.78 is 5.19. The second-order valence-corrected chi connectivity index (χ2v) is 7.53. The second-order valence-electron chi connectivity index (χ2n) is 6.65. The standard InChI is InChI=1S/C22H20N2O5S/c1-4-29-22(26)19-17(15-8-5-13(2)6-9-15)12-30-21(19)23-20(25)16-10-7-14(3)18(11-16)24(27)28/h5-12H,4H2,1-3H3,(H,23,25). The minimum Gasteiger partial charge on any atom is -0.462 e. The molecule has 1 N–H and O–H groups in total. The maximum atomic E-state index is 12.7. The zero-order valence-electron chi connectivity index (χ0n) is 16.7. The van der Waals surface area contributed by atoms with Gasteiger partial charge in [-0.05, 0) is 32.4 Å². The number of hydrogen-bond donors (Lipinski definition) is 1. The van der Waals surface area contributed by atoms with Crippen LogP contribution in [0.4, 0.5) is 10.7 Å². The predicted octanol–water partition coefficient (Wildman–Crippen LogP) is 5.37. The fourth-order valence-corrected chi connectivity index (χ4v) is 3.88. The molecule has 0 atom stereocenters. The first-order valence-electron chi connectivity index (χ1n) is 9.23. The fraction of sp³-hybridized carbons (Fsp3) is 0.182. The first kappa shape index (κ1) is 21.2. The van der Waals surface area contributed by atoms with Crippen LogP contribution in [0.15, 0.2) is 47.8 Å². The minimum absolute atomic E-state index is 0.132. The number of benzene rings is 2. The molecule has 1 aromatic heterocycles. The number of carbonyl (C=O) groups excluding carboxylic acids is 2. The maximum Gasteiger partial charge on any atom is 0.341 e. The maximum absolute atomic E-state index is 12.7. The van der Waals surface area contributed by atoms with E-state index in [-0.39, 0.29) is 23.4 Å². The fourth-order valence-electron chi connectivity index (χ4n) is 2.92. The molecule has 0 aliphatic heterocycles. The molecule has 0 spiro atoms. The van der Waals surface area contributed by atoms with Crippen molar-refractivity contribution >= 4 is 33.9 Å². The summed E-state index contributed by atoms with van der Waals surface area (Å²) in [6, 6.07) is 11.9. The van der Waals surface area contributed by atoms with Crippen molar-refractivity contribution in [1.29, 1.82) is 0 Å². The van der Waals surface area contributed by atoms with Crippen LogP contribution in [0.1, 0.15) is 38.8 Å². The number of thiophene rings is 1. The van der Waals surface area contributed by atoms with E-state index in [1.54, 1.807) is 19.2 Å². The van der Waals surface area contributed by atoms with Gasteiger partial charge in [-0.3, -0.25) is 14.9 Å². The smallest absolute Gasteiger partial charge is 0.341 e. The molecule has 0 unspecified atom stereocenters. The SMILES string of the molecule is CCOC(=O)c1c(-c2ccc(C)cc2)csc1NC(=O)c1ccc(C)c([N+](=O)[O-])c1. The Labute approximate surface area is 177 Å². The van der Waals surface area contributed by atoms with Gasteiger partial charge in [0.25, 0.3) is 11.6 Å². The van der Waals surface area contributed by atoms with Crippen LogP contribution < -0.4 is 5.32 Å². The Balaban J connectivity index is 1.98. The summed E-state index contributed by atoms with van der Waals surface area (Å²) >= 11 is 1.20. The van der Waals surface area contributed by atoms with Crippen molar-refractivity contribution in [3.8, 4) is 11.1 Å². The van der Waals surface area contributed by atoms with Gasteiger partial charge in [0.15, 0.2) is 0 Å². The summed E-state index contributed by atoms with van der Waals surface area (Å²) in [5.41, 5.74) is 3.28. The number of carbonyl (C=O) groups is 2. The van der Waals surface area contributed by atoms with E-state index >= 15 is 0 Å². The van der Waals surface area contributed by atoms with Gasteiger partial charge >= 0.3 is 5.97 Å². The predicted molar refractivity (Wildman–Crippen MR) is 116 cm³/mol. The number of rotatable bonds is 6. The molecule has 0 aliphatic rings. The van der Waals surface area contributed by atoms with Crippen molar-refractivity contribution in [2.75, 3.05) is 11.9 Å². The third kappa shape index (κ3) is 4.38. The van der Waals surface area contributed by atoms with Crippen LogP contribution in [0.25, 0.3) is 11.1 Å². The van der Waals surface area contributed by atoms with Crippen molar-refractivity contribution in [3.05, 3.63) is 80.2 Å². The number of amides is 1. The molecule has 0 radical (unpaired) electrons. The van der Waals surface area contributed by atoms with E-state index in [9.17, 15) is 19.7 Å². The van der Waals surface area contributed by atoms with Gasteiger partial charge < -0.3 is 10.1 Å². The lowest BCUT2D eigenvalue weighted by molar-refractivity contribution is -0.385. The molecule has 1 heterocycles. The first-order valence-corrected chi connectivity index (χ1v) is 10.1. The lowest BCUT2D eigenvalue weighted by Crippen LogP contribution is -2.15. The largest absolute Gasteiger partial charge is 0.462 e. The van der Waals surface area contributed by atoms with Gasteiger partial charge in [0.2, 0.25) is 0 Å². The Kier molecular flexibility index (Phi) is 6.27. The average Bonchev–Trinajstić information content (AvgIpc) is 3.12. The molecule has 0 saturated carbocycles. The Morgan fingerprint density at radius 3 is 2.47 bits per heavy atom. The summed E-state index contributed by atoms with van der Waals surface area (Å²) in [7, 11) is 0. The topological polar surface area (TPSA) is 98.5 Å².